The zero-order valence-electron chi connectivity index (χ0n) is 8.72. The Morgan fingerprint density at radius 2 is 1.94 bits per heavy atom. The smallest absolute Gasteiger partial charge is 0.744 e. The van der Waals surface area contributed by atoms with Crippen molar-refractivity contribution in [1.29, 1.82) is 0 Å². The molecule has 0 radical (unpaired) electrons. The Kier molecular flexibility index (Phi) is 5.43. The van der Waals surface area contributed by atoms with Gasteiger partial charge in [-0.1, -0.05) is 0 Å². The van der Waals surface area contributed by atoms with Crippen molar-refractivity contribution in [3.05, 3.63) is 18.2 Å². The number of phenols is 1. The topological polar surface area (TPSA) is 107 Å². The summed E-state index contributed by atoms with van der Waals surface area (Å²) >= 11 is 0. The third-order valence-electron chi connectivity index (χ3n) is 1.50. The molecule has 0 atom stereocenters. The number of hydrogen-bond donors (Lipinski definition) is 2. The average molecular weight is 253 g/mol. The molecule has 0 aliphatic heterocycles. The molecule has 0 bridgehead atoms. The van der Waals surface area contributed by atoms with Crippen LogP contribution in [-0.2, 0) is 14.9 Å². The van der Waals surface area contributed by atoms with E-state index in [1.807, 2.05) is 0 Å². The first kappa shape index (κ1) is 15.4. The Balaban J connectivity index is 0.00000225. The molecule has 0 saturated heterocycles. The van der Waals surface area contributed by atoms with Crippen molar-refractivity contribution in [2.45, 2.75) is 11.8 Å². The van der Waals surface area contributed by atoms with Gasteiger partial charge in [0.2, 0.25) is 5.91 Å². The normalized spacial score (nSPS) is 10.4. The zero-order chi connectivity index (χ0) is 11.6. The second-order valence-corrected chi connectivity index (χ2v) is 4.23. The van der Waals surface area contributed by atoms with Crippen molar-refractivity contribution in [2.75, 3.05) is 5.32 Å². The van der Waals surface area contributed by atoms with Crippen LogP contribution in [0.5, 0.6) is 5.75 Å². The molecule has 0 unspecified atom stereocenters. The van der Waals surface area contributed by atoms with E-state index >= 15 is 0 Å². The summed E-state index contributed by atoms with van der Waals surface area (Å²) in [6.07, 6.45) is 0. The first-order valence-corrected chi connectivity index (χ1v) is 5.27. The summed E-state index contributed by atoms with van der Waals surface area (Å²) < 4.78 is 31.9. The summed E-state index contributed by atoms with van der Waals surface area (Å²) in [5, 5.41) is 11.4. The maximum absolute atomic E-state index is 10.7. The first-order chi connectivity index (χ1) is 6.79. The van der Waals surface area contributed by atoms with E-state index in [2.05, 4.69) is 5.32 Å². The van der Waals surface area contributed by atoms with Crippen molar-refractivity contribution >= 4 is 21.7 Å². The molecule has 1 rings (SSSR count). The van der Waals surface area contributed by atoms with Crippen molar-refractivity contribution in [3.8, 4) is 5.75 Å². The van der Waals surface area contributed by atoms with Crippen LogP contribution in [0.1, 0.15) is 6.92 Å². The van der Waals surface area contributed by atoms with E-state index in [1.165, 1.54) is 6.92 Å². The van der Waals surface area contributed by atoms with Crippen molar-refractivity contribution in [3.63, 3.8) is 0 Å². The molecule has 2 N–H and O–H groups in total. The van der Waals surface area contributed by atoms with E-state index in [0.717, 1.165) is 18.2 Å². The Hall–Kier alpha value is -0.600. The number of hydrogen-bond acceptors (Lipinski definition) is 5. The third kappa shape index (κ3) is 4.50. The van der Waals surface area contributed by atoms with E-state index in [1.54, 1.807) is 0 Å². The van der Waals surface area contributed by atoms with Crippen LogP contribution in [0, 0.1) is 0 Å². The Morgan fingerprint density at radius 3 is 2.38 bits per heavy atom. The fourth-order valence-corrected chi connectivity index (χ4v) is 1.54. The number of aromatic hydroxyl groups is 1. The van der Waals surface area contributed by atoms with Gasteiger partial charge in [-0.05, 0) is 12.1 Å². The number of anilines is 1. The van der Waals surface area contributed by atoms with Gasteiger partial charge in [-0.3, -0.25) is 4.79 Å². The molecule has 0 aliphatic rings. The van der Waals surface area contributed by atoms with Crippen LogP contribution in [-0.4, -0.2) is 24.0 Å². The predicted octanol–water partition coefficient (Wildman–Crippen LogP) is -2.74. The molecule has 1 aromatic rings. The van der Waals surface area contributed by atoms with Crippen molar-refractivity contribution in [1.82, 2.24) is 0 Å². The number of phenolic OH excluding ortho intramolecular Hbond substituents is 1. The van der Waals surface area contributed by atoms with Crippen LogP contribution >= 0.6 is 0 Å². The molecule has 0 aromatic heterocycles. The summed E-state index contributed by atoms with van der Waals surface area (Å²) in [5.74, 6) is -0.842. The quantitative estimate of drug-likeness (QED) is 0.439. The first-order valence-electron chi connectivity index (χ1n) is 3.86. The van der Waals surface area contributed by atoms with E-state index in [0.29, 0.717) is 0 Å². The number of amides is 1. The molecule has 0 fully saturated rings. The minimum Gasteiger partial charge on any atom is -0.744 e. The Labute approximate surface area is 115 Å². The van der Waals surface area contributed by atoms with Gasteiger partial charge >= 0.3 is 29.6 Å². The van der Waals surface area contributed by atoms with Crippen LogP contribution in [0.2, 0.25) is 0 Å². The molecule has 0 spiro atoms. The van der Waals surface area contributed by atoms with Crippen LogP contribution < -0.4 is 34.9 Å². The van der Waals surface area contributed by atoms with Gasteiger partial charge in [0, 0.05) is 18.7 Å². The van der Waals surface area contributed by atoms with Crippen LogP contribution in [0.4, 0.5) is 5.69 Å². The van der Waals surface area contributed by atoms with Gasteiger partial charge in [0.25, 0.3) is 0 Å². The van der Waals surface area contributed by atoms with Crippen LogP contribution in [0.15, 0.2) is 23.1 Å². The van der Waals surface area contributed by atoms with E-state index in [-0.39, 0.29) is 35.2 Å². The van der Waals surface area contributed by atoms with Gasteiger partial charge in [-0.25, -0.2) is 8.42 Å². The number of nitrogens with one attached hydrogen (secondary N) is 1. The van der Waals surface area contributed by atoms with Crippen LogP contribution in [0.25, 0.3) is 0 Å². The number of carbonyl (C=O) groups is 1. The third-order valence-corrected chi connectivity index (χ3v) is 2.31. The summed E-state index contributed by atoms with van der Waals surface area (Å²) in [6.45, 7) is 1.22. The molecule has 82 valence electrons. The van der Waals surface area contributed by atoms with Gasteiger partial charge in [0.05, 0.1) is 4.90 Å². The summed E-state index contributed by atoms with van der Waals surface area (Å²) in [7, 11) is -4.64. The minimum absolute atomic E-state index is 0. The van der Waals surface area contributed by atoms with Gasteiger partial charge in [0.15, 0.2) is 0 Å². The second-order valence-electron chi connectivity index (χ2n) is 2.85. The number of benzene rings is 1. The molecular weight excluding hydrogens is 245 g/mol. The molecule has 1 amide bonds. The monoisotopic (exact) mass is 253 g/mol. The van der Waals surface area contributed by atoms with Crippen molar-refractivity contribution < 1.29 is 52.4 Å². The van der Waals surface area contributed by atoms with Gasteiger partial charge in [-0.15, -0.1) is 0 Å². The van der Waals surface area contributed by atoms with Crippen molar-refractivity contribution in [2.24, 2.45) is 0 Å². The summed E-state index contributed by atoms with van der Waals surface area (Å²) in [4.78, 5) is 10.1. The molecule has 8 heteroatoms. The van der Waals surface area contributed by atoms with Gasteiger partial charge < -0.3 is 15.0 Å². The molecule has 0 heterocycles. The molecular formula is C8H8NNaO5S. The zero-order valence-corrected chi connectivity index (χ0v) is 11.5. The fraction of sp³-hybridized carbons (Fsp3) is 0.125. The number of carbonyl (C=O) groups excluding carboxylic acids is 1. The largest absolute Gasteiger partial charge is 1.00 e. The molecule has 6 nitrogen and oxygen atoms in total. The van der Waals surface area contributed by atoms with Gasteiger partial charge in [-0.2, -0.15) is 0 Å². The summed E-state index contributed by atoms with van der Waals surface area (Å²) in [5.41, 5.74) is 0.0527. The van der Waals surface area contributed by atoms with E-state index in [4.69, 9.17) is 5.11 Å². The standard InChI is InChI=1S/C8H9NO5S.Na/c1-5(10)9-6-2-7(11)4-8(3-6)15(12,13)14;/h2-4,11H,1H3,(H,9,10)(H,12,13,14);/q;+1/p-1. The van der Waals surface area contributed by atoms with Gasteiger partial charge in [0.1, 0.15) is 15.9 Å². The van der Waals surface area contributed by atoms with E-state index in [9.17, 15) is 17.8 Å². The molecule has 1 aromatic carbocycles. The second kappa shape index (κ2) is 5.65. The van der Waals surface area contributed by atoms with Crippen LogP contribution in [0.3, 0.4) is 0 Å². The Morgan fingerprint density at radius 1 is 1.38 bits per heavy atom. The molecule has 16 heavy (non-hydrogen) atoms. The predicted molar refractivity (Wildman–Crippen MR) is 50.4 cm³/mol. The molecule has 0 saturated carbocycles. The average Bonchev–Trinajstić information content (AvgIpc) is 1.99. The summed E-state index contributed by atoms with van der Waals surface area (Å²) in [6, 6.07) is 2.92. The minimum atomic E-state index is -4.64. The fourth-order valence-electron chi connectivity index (χ4n) is 1.00. The number of rotatable bonds is 2. The maximum atomic E-state index is 10.7. The Bertz CT molecular complexity index is 499. The molecule has 0 aliphatic carbocycles. The maximum Gasteiger partial charge on any atom is 1.00 e. The SMILES string of the molecule is CC(=O)Nc1cc(O)cc(S(=O)(=O)[O-])c1.[Na+]. The van der Waals surface area contributed by atoms with E-state index < -0.39 is 26.7 Å².